The van der Waals surface area contributed by atoms with Gasteiger partial charge in [-0.05, 0) is 16.9 Å². The van der Waals surface area contributed by atoms with Gasteiger partial charge in [0.25, 0.3) is 5.52 Å². The minimum absolute atomic E-state index is 0.145. The Hall–Kier alpha value is -2.31. The van der Waals surface area contributed by atoms with Crippen molar-refractivity contribution in [2.75, 3.05) is 21.3 Å². The summed E-state index contributed by atoms with van der Waals surface area (Å²) in [5.41, 5.74) is 0.338. The van der Waals surface area contributed by atoms with Gasteiger partial charge in [0.1, 0.15) is 0 Å². The second kappa shape index (κ2) is 3.93. The predicted octanol–water partition coefficient (Wildman–Crippen LogP) is 0.538. The van der Waals surface area contributed by atoms with Crippen molar-refractivity contribution in [1.29, 1.82) is 0 Å². The highest BCUT2D eigenvalue weighted by Gasteiger charge is 2.29. The van der Waals surface area contributed by atoms with Gasteiger partial charge >= 0.3 is 6.01 Å². The van der Waals surface area contributed by atoms with Crippen molar-refractivity contribution in [3.63, 3.8) is 0 Å². The summed E-state index contributed by atoms with van der Waals surface area (Å²) in [6.45, 7) is 0. The SMILES string of the molecule is COc1ccc(OC)c2c1n(O)c(OC)[n+]2[O-]. The van der Waals surface area contributed by atoms with Crippen LogP contribution < -0.4 is 18.9 Å². The Morgan fingerprint density at radius 2 is 1.71 bits per heavy atom. The molecule has 0 aliphatic heterocycles. The Morgan fingerprint density at radius 1 is 1.12 bits per heavy atom. The normalized spacial score (nSPS) is 10.5. The third-order valence-corrected chi connectivity index (χ3v) is 2.47. The summed E-state index contributed by atoms with van der Waals surface area (Å²) < 4.78 is 16.0. The van der Waals surface area contributed by atoms with Crippen molar-refractivity contribution < 1.29 is 24.1 Å². The highest BCUT2D eigenvalue weighted by molar-refractivity contribution is 5.85. The van der Waals surface area contributed by atoms with Gasteiger partial charge in [0.05, 0.1) is 21.3 Å². The van der Waals surface area contributed by atoms with Gasteiger partial charge in [-0.1, -0.05) is 0 Å². The van der Waals surface area contributed by atoms with E-state index < -0.39 is 0 Å². The van der Waals surface area contributed by atoms with E-state index in [2.05, 4.69) is 0 Å². The molecular weight excluding hydrogens is 228 g/mol. The average molecular weight is 240 g/mol. The summed E-state index contributed by atoms with van der Waals surface area (Å²) in [7, 11) is 4.16. The first kappa shape index (κ1) is 11.2. The molecule has 0 saturated carbocycles. The lowest BCUT2D eigenvalue weighted by Gasteiger charge is -2.04. The van der Waals surface area contributed by atoms with Crippen LogP contribution in [0.25, 0.3) is 11.0 Å². The molecule has 0 unspecified atom stereocenters. The number of aromatic nitrogens is 2. The molecule has 0 bridgehead atoms. The predicted molar refractivity (Wildman–Crippen MR) is 57.7 cm³/mol. The first-order valence-corrected chi connectivity index (χ1v) is 4.77. The third-order valence-electron chi connectivity index (χ3n) is 2.47. The van der Waals surface area contributed by atoms with E-state index in [1.807, 2.05) is 0 Å². The van der Waals surface area contributed by atoms with E-state index >= 15 is 0 Å². The van der Waals surface area contributed by atoms with E-state index in [-0.39, 0.29) is 17.0 Å². The molecule has 0 spiro atoms. The molecule has 7 nitrogen and oxygen atoms in total. The van der Waals surface area contributed by atoms with Crippen LogP contribution in [0.1, 0.15) is 0 Å². The van der Waals surface area contributed by atoms with E-state index in [9.17, 15) is 10.4 Å². The van der Waals surface area contributed by atoms with Crippen molar-refractivity contribution >= 4 is 11.0 Å². The number of imidazole rings is 1. The van der Waals surface area contributed by atoms with E-state index in [1.54, 1.807) is 12.1 Å². The maximum Gasteiger partial charge on any atom is 0.500 e. The second-order valence-corrected chi connectivity index (χ2v) is 3.26. The first-order chi connectivity index (χ1) is 8.15. The van der Waals surface area contributed by atoms with Crippen molar-refractivity contribution in [3.8, 4) is 17.5 Å². The maximum atomic E-state index is 11.9. The second-order valence-electron chi connectivity index (χ2n) is 3.26. The molecule has 92 valence electrons. The smallest absolute Gasteiger partial charge is 0.500 e. The van der Waals surface area contributed by atoms with Crippen molar-refractivity contribution in [3.05, 3.63) is 17.3 Å². The maximum absolute atomic E-state index is 11.9. The molecule has 2 aromatic rings. The Labute approximate surface area is 96.9 Å². The summed E-state index contributed by atoms with van der Waals surface area (Å²) in [4.78, 5) is 0. The molecule has 1 heterocycles. The molecule has 0 aliphatic rings. The molecule has 1 aromatic heterocycles. The fourth-order valence-corrected chi connectivity index (χ4v) is 1.72. The lowest BCUT2D eigenvalue weighted by atomic mass is 10.2. The summed E-state index contributed by atoms with van der Waals surface area (Å²) in [6.07, 6.45) is 0. The van der Waals surface area contributed by atoms with Crippen molar-refractivity contribution in [2.45, 2.75) is 0 Å². The first-order valence-electron chi connectivity index (χ1n) is 4.77. The topological polar surface area (TPSA) is 79.8 Å². The number of hydrogen-bond acceptors (Lipinski definition) is 5. The molecule has 2 rings (SSSR count). The molecule has 17 heavy (non-hydrogen) atoms. The molecule has 0 atom stereocenters. The molecule has 0 amide bonds. The Bertz CT molecular complexity index is 517. The van der Waals surface area contributed by atoms with Crippen molar-refractivity contribution in [1.82, 2.24) is 4.73 Å². The summed E-state index contributed by atoms with van der Waals surface area (Å²) in [5, 5.41) is 21.7. The lowest BCUT2D eigenvalue weighted by molar-refractivity contribution is -0.588. The van der Waals surface area contributed by atoms with Crippen LogP contribution in [0, 0.1) is 5.21 Å². The van der Waals surface area contributed by atoms with Gasteiger partial charge < -0.3 is 24.6 Å². The van der Waals surface area contributed by atoms with Crippen LogP contribution in [0.5, 0.6) is 17.5 Å². The molecule has 0 aliphatic carbocycles. The van der Waals surface area contributed by atoms with Gasteiger partial charge in [0.15, 0.2) is 11.5 Å². The summed E-state index contributed by atoms with van der Waals surface area (Å²) in [5.74, 6) is 0.665. The van der Waals surface area contributed by atoms with Crippen LogP contribution >= 0.6 is 0 Å². The zero-order valence-electron chi connectivity index (χ0n) is 9.63. The minimum atomic E-state index is -0.261. The van der Waals surface area contributed by atoms with Gasteiger partial charge in [-0.2, -0.15) is 4.73 Å². The zero-order valence-corrected chi connectivity index (χ0v) is 9.63. The van der Waals surface area contributed by atoms with Crippen LogP contribution in [-0.4, -0.2) is 31.3 Å². The number of hydrogen-bond donors (Lipinski definition) is 1. The van der Waals surface area contributed by atoms with Crippen LogP contribution in [0.4, 0.5) is 0 Å². The van der Waals surface area contributed by atoms with Crippen LogP contribution in [0.3, 0.4) is 0 Å². The number of nitrogens with zero attached hydrogens (tertiary/aromatic N) is 2. The summed E-state index contributed by atoms with van der Waals surface area (Å²) >= 11 is 0. The Kier molecular flexibility index (Phi) is 2.58. The third kappa shape index (κ3) is 1.39. The Balaban J connectivity index is 2.93. The van der Waals surface area contributed by atoms with E-state index in [1.165, 1.54) is 21.3 Å². The van der Waals surface area contributed by atoms with E-state index in [0.29, 0.717) is 21.0 Å². The monoisotopic (exact) mass is 240 g/mol. The largest absolute Gasteiger partial charge is 0.708 e. The number of fused-ring (bicyclic) bond motifs is 1. The molecule has 0 saturated heterocycles. The number of methoxy groups -OCH3 is 3. The fourth-order valence-electron chi connectivity index (χ4n) is 1.72. The quantitative estimate of drug-likeness (QED) is 0.481. The molecular formula is C10H12N2O5. The molecule has 0 radical (unpaired) electrons. The van der Waals surface area contributed by atoms with E-state index in [0.717, 1.165) is 0 Å². The molecule has 1 aromatic carbocycles. The standard InChI is InChI=1S/C10H12N2O5/c1-15-6-4-5-7(16-2)9-8(6)11(13)10(17-3)12(9)14/h4-5,13H,1-3H3. The fraction of sp³-hybridized carbons (Fsp3) is 0.300. The molecule has 1 N–H and O–H groups in total. The zero-order chi connectivity index (χ0) is 12.6. The summed E-state index contributed by atoms with van der Waals surface area (Å²) in [6, 6.07) is 2.91. The lowest BCUT2D eigenvalue weighted by Crippen LogP contribution is -2.27. The van der Waals surface area contributed by atoms with Crippen molar-refractivity contribution in [2.24, 2.45) is 0 Å². The molecule has 0 fully saturated rings. The van der Waals surface area contributed by atoms with Crippen LogP contribution in [-0.2, 0) is 0 Å². The van der Waals surface area contributed by atoms with Crippen LogP contribution in [0.2, 0.25) is 0 Å². The number of ether oxygens (including phenoxy) is 3. The number of benzene rings is 1. The molecule has 7 heteroatoms. The average Bonchev–Trinajstić information content (AvgIpc) is 2.61. The highest BCUT2D eigenvalue weighted by Crippen LogP contribution is 2.33. The van der Waals surface area contributed by atoms with Crippen LogP contribution in [0.15, 0.2) is 12.1 Å². The Morgan fingerprint density at radius 3 is 2.24 bits per heavy atom. The highest BCUT2D eigenvalue weighted by atomic mass is 16.6. The van der Waals surface area contributed by atoms with Gasteiger partial charge in [0, 0.05) is 0 Å². The van der Waals surface area contributed by atoms with Gasteiger partial charge in [-0.15, -0.1) is 0 Å². The van der Waals surface area contributed by atoms with E-state index in [4.69, 9.17) is 14.2 Å². The van der Waals surface area contributed by atoms with Gasteiger partial charge in [-0.25, -0.2) is 0 Å². The number of rotatable bonds is 3. The van der Waals surface area contributed by atoms with Gasteiger partial charge in [-0.3, -0.25) is 0 Å². The van der Waals surface area contributed by atoms with Gasteiger partial charge in [0.2, 0.25) is 5.52 Å². The minimum Gasteiger partial charge on any atom is -0.708 e.